The molecule has 0 bridgehead atoms. The first-order valence-corrected chi connectivity index (χ1v) is 6.82. The summed E-state index contributed by atoms with van der Waals surface area (Å²) in [6, 6.07) is 10.5. The number of hydrogen-bond donors (Lipinski definition) is 0. The fourth-order valence-corrected chi connectivity index (χ4v) is 2.09. The predicted octanol–water partition coefficient (Wildman–Crippen LogP) is 3.75. The van der Waals surface area contributed by atoms with Crippen LogP contribution in [0.25, 0.3) is 0 Å². The van der Waals surface area contributed by atoms with E-state index < -0.39 is 0 Å². The number of halogens is 2. The van der Waals surface area contributed by atoms with Crippen molar-refractivity contribution in [2.75, 3.05) is 24.8 Å². The van der Waals surface area contributed by atoms with Gasteiger partial charge in [0.25, 0.3) is 0 Å². The average molecular weight is 260 g/mol. The van der Waals surface area contributed by atoms with Crippen LogP contribution in [0.3, 0.4) is 0 Å². The molecule has 0 unspecified atom stereocenters. The van der Waals surface area contributed by atoms with Crippen LogP contribution in [0.2, 0.25) is 0 Å². The predicted molar refractivity (Wildman–Crippen MR) is 72.4 cm³/mol. The number of alkyl halides is 2. The van der Waals surface area contributed by atoms with Gasteiger partial charge in [0.1, 0.15) is 0 Å². The molecule has 16 heavy (non-hydrogen) atoms. The lowest BCUT2D eigenvalue weighted by molar-refractivity contribution is 0.277. The van der Waals surface area contributed by atoms with E-state index in [1.165, 1.54) is 5.56 Å². The topological polar surface area (TPSA) is 3.24 Å². The Labute approximate surface area is 108 Å². The lowest BCUT2D eigenvalue weighted by atomic mass is 10.2. The Morgan fingerprint density at radius 3 is 2.25 bits per heavy atom. The van der Waals surface area contributed by atoms with Gasteiger partial charge in [0.05, 0.1) is 0 Å². The van der Waals surface area contributed by atoms with Gasteiger partial charge >= 0.3 is 0 Å². The second kappa shape index (κ2) is 8.86. The van der Waals surface area contributed by atoms with Crippen LogP contribution in [0, 0.1) is 0 Å². The molecule has 0 saturated carbocycles. The fraction of sp³-hybridized carbons (Fsp3) is 0.538. The largest absolute Gasteiger partial charge is 0.298 e. The van der Waals surface area contributed by atoms with Gasteiger partial charge in [0.2, 0.25) is 0 Å². The van der Waals surface area contributed by atoms with Gasteiger partial charge < -0.3 is 0 Å². The molecule has 0 radical (unpaired) electrons. The van der Waals surface area contributed by atoms with Crippen LogP contribution in [-0.4, -0.2) is 29.7 Å². The van der Waals surface area contributed by atoms with Gasteiger partial charge in [-0.05, 0) is 24.9 Å². The summed E-state index contributed by atoms with van der Waals surface area (Å²) in [5.74, 6) is 1.44. The maximum Gasteiger partial charge on any atom is 0.0351 e. The molecule has 1 aromatic carbocycles. The first-order valence-electron chi connectivity index (χ1n) is 5.75. The Balaban J connectivity index is 2.38. The summed E-state index contributed by atoms with van der Waals surface area (Å²) in [5, 5.41) is 0. The minimum atomic E-state index is 0.688. The van der Waals surface area contributed by atoms with Crippen molar-refractivity contribution in [1.29, 1.82) is 0 Å². The lowest BCUT2D eigenvalue weighted by Crippen LogP contribution is -2.26. The van der Waals surface area contributed by atoms with Crippen LogP contribution in [0.1, 0.15) is 18.4 Å². The zero-order valence-corrected chi connectivity index (χ0v) is 11.1. The molecular formula is C13H19Cl2N. The van der Waals surface area contributed by atoms with E-state index in [0.717, 1.165) is 38.4 Å². The Kier molecular flexibility index (Phi) is 7.65. The van der Waals surface area contributed by atoms with E-state index in [1.54, 1.807) is 0 Å². The van der Waals surface area contributed by atoms with E-state index in [-0.39, 0.29) is 0 Å². The molecule has 90 valence electrons. The molecule has 1 nitrogen and oxygen atoms in total. The third-order valence-electron chi connectivity index (χ3n) is 2.51. The molecule has 1 rings (SSSR count). The molecule has 0 aliphatic carbocycles. The van der Waals surface area contributed by atoms with Gasteiger partial charge in [-0.2, -0.15) is 0 Å². The molecule has 0 spiro atoms. The first-order chi connectivity index (χ1) is 7.86. The molecule has 3 heteroatoms. The Morgan fingerprint density at radius 1 is 0.875 bits per heavy atom. The van der Waals surface area contributed by atoms with Crippen molar-refractivity contribution in [3.05, 3.63) is 35.9 Å². The monoisotopic (exact) mass is 259 g/mol. The standard InChI is InChI=1S/C13H19Cl2N/c14-8-4-5-10-16(11-9-15)12-13-6-2-1-3-7-13/h1-3,6-7H,4-5,8-12H2. The molecule has 0 aliphatic rings. The van der Waals surface area contributed by atoms with E-state index in [2.05, 4.69) is 29.2 Å². The van der Waals surface area contributed by atoms with Gasteiger partial charge in [0.15, 0.2) is 0 Å². The van der Waals surface area contributed by atoms with E-state index >= 15 is 0 Å². The highest BCUT2D eigenvalue weighted by Gasteiger charge is 2.04. The quantitative estimate of drug-likeness (QED) is 0.508. The van der Waals surface area contributed by atoms with Gasteiger partial charge in [-0.15, -0.1) is 23.2 Å². The summed E-state index contributed by atoms with van der Waals surface area (Å²) in [6.07, 6.45) is 2.22. The van der Waals surface area contributed by atoms with Crippen molar-refractivity contribution < 1.29 is 0 Å². The highest BCUT2D eigenvalue weighted by molar-refractivity contribution is 6.18. The second-order valence-corrected chi connectivity index (χ2v) is 4.60. The van der Waals surface area contributed by atoms with Crippen LogP contribution in [-0.2, 0) is 6.54 Å². The minimum Gasteiger partial charge on any atom is -0.298 e. The van der Waals surface area contributed by atoms with Crippen LogP contribution in [0.15, 0.2) is 30.3 Å². The summed E-state index contributed by atoms with van der Waals surface area (Å²) in [6.45, 7) is 3.00. The van der Waals surface area contributed by atoms with E-state index in [4.69, 9.17) is 23.2 Å². The number of unbranched alkanes of at least 4 members (excludes halogenated alkanes) is 1. The van der Waals surface area contributed by atoms with Gasteiger partial charge in [-0.1, -0.05) is 30.3 Å². The van der Waals surface area contributed by atoms with Crippen LogP contribution in [0.5, 0.6) is 0 Å². The first kappa shape index (κ1) is 13.8. The van der Waals surface area contributed by atoms with Crippen molar-refractivity contribution in [2.45, 2.75) is 19.4 Å². The van der Waals surface area contributed by atoms with E-state index in [0.29, 0.717) is 5.88 Å². The van der Waals surface area contributed by atoms with Crippen molar-refractivity contribution in [3.8, 4) is 0 Å². The second-order valence-electron chi connectivity index (χ2n) is 3.85. The molecule has 0 fully saturated rings. The van der Waals surface area contributed by atoms with Crippen molar-refractivity contribution in [1.82, 2.24) is 4.90 Å². The van der Waals surface area contributed by atoms with Crippen molar-refractivity contribution in [3.63, 3.8) is 0 Å². The molecule has 0 saturated heterocycles. The number of nitrogens with zero attached hydrogens (tertiary/aromatic N) is 1. The normalized spacial score (nSPS) is 10.9. The number of rotatable bonds is 8. The molecule has 0 heterocycles. The maximum atomic E-state index is 5.81. The molecule has 0 atom stereocenters. The zero-order valence-electron chi connectivity index (χ0n) is 9.54. The highest BCUT2D eigenvalue weighted by Crippen LogP contribution is 2.06. The van der Waals surface area contributed by atoms with Crippen molar-refractivity contribution in [2.24, 2.45) is 0 Å². The third kappa shape index (κ3) is 5.74. The van der Waals surface area contributed by atoms with Gasteiger partial charge in [0, 0.05) is 24.8 Å². The molecule has 0 aromatic heterocycles. The lowest BCUT2D eigenvalue weighted by Gasteiger charge is -2.21. The smallest absolute Gasteiger partial charge is 0.0351 e. The number of hydrogen-bond acceptors (Lipinski definition) is 1. The summed E-state index contributed by atoms with van der Waals surface area (Å²) >= 11 is 11.5. The Bertz CT molecular complexity index is 264. The fourth-order valence-electron chi connectivity index (χ4n) is 1.66. The van der Waals surface area contributed by atoms with E-state index in [1.807, 2.05) is 6.07 Å². The molecular weight excluding hydrogens is 241 g/mol. The third-order valence-corrected chi connectivity index (χ3v) is 2.94. The van der Waals surface area contributed by atoms with Crippen LogP contribution < -0.4 is 0 Å². The highest BCUT2D eigenvalue weighted by atomic mass is 35.5. The summed E-state index contributed by atoms with van der Waals surface area (Å²) in [5.41, 5.74) is 1.35. The van der Waals surface area contributed by atoms with E-state index in [9.17, 15) is 0 Å². The maximum absolute atomic E-state index is 5.81. The zero-order chi connectivity index (χ0) is 11.6. The Hall–Kier alpha value is -0.240. The summed E-state index contributed by atoms with van der Waals surface area (Å²) < 4.78 is 0. The molecule has 0 amide bonds. The van der Waals surface area contributed by atoms with Crippen molar-refractivity contribution >= 4 is 23.2 Å². The van der Waals surface area contributed by atoms with Gasteiger partial charge in [-0.3, -0.25) is 4.90 Å². The SMILES string of the molecule is ClCCCCN(CCCl)Cc1ccccc1. The van der Waals surface area contributed by atoms with Crippen LogP contribution >= 0.6 is 23.2 Å². The van der Waals surface area contributed by atoms with Gasteiger partial charge in [-0.25, -0.2) is 0 Å². The number of benzene rings is 1. The molecule has 0 N–H and O–H groups in total. The molecule has 0 aliphatic heterocycles. The summed E-state index contributed by atoms with van der Waals surface area (Å²) in [4.78, 5) is 2.38. The average Bonchev–Trinajstić information content (AvgIpc) is 2.31. The van der Waals surface area contributed by atoms with Crippen LogP contribution in [0.4, 0.5) is 0 Å². The summed E-state index contributed by atoms with van der Waals surface area (Å²) in [7, 11) is 0. The Morgan fingerprint density at radius 2 is 1.62 bits per heavy atom. The molecule has 1 aromatic rings. The minimum absolute atomic E-state index is 0.688.